The monoisotopic (exact) mass is 378 g/mol. The van der Waals surface area contributed by atoms with Crippen LogP contribution < -0.4 is 34.3 Å². The molecule has 26 heavy (non-hydrogen) atoms. The number of nitrogens with zero attached hydrogens (tertiary/aromatic N) is 2. The summed E-state index contributed by atoms with van der Waals surface area (Å²) < 4.78 is 5.74. The molecule has 130 valence electrons. The quantitative estimate of drug-likeness (QED) is 0.671. The molecule has 1 aliphatic heterocycles. The minimum absolute atomic E-state index is 0. The molecule has 0 bridgehead atoms. The standard InChI is InChI=1S/C19H20N2O3S.Na/c1-2-13-3-6-15(20-12-13)9-10-24-16-7-4-14(5-8-16)11-17-18(22)21-19(23)25-17;/h3-8,12,17H,2,9-11H2,1H3,(H,21,22,23);/q;+1/p-1/t17-;/m0./s1. The van der Waals surface area contributed by atoms with Gasteiger partial charge in [-0.2, -0.15) is 0 Å². The molecule has 0 saturated carbocycles. The molecule has 5 nitrogen and oxygen atoms in total. The predicted octanol–water partition coefficient (Wildman–Crippen LogP) is 0.948. The van der Waals surface area contributed by atoms with Crippen LogP contribution in [0.25, 0.3) is 5.32 Å². The van der Waals surface area contributed by atoms with Crippen LogP contribution in [-0.2, 0) is 24.1 Å². The van der Waals surface area contributed by atoms with Gasteiger partial charge in [0, 0.05) is 18.3 Å². The van der Waals surface area contributed by atoms with Crippen molar-refractivity contribution in [2.24, 2.45) is 0 Å². The van der Waals surface area contributed by atoms with Crippen molar-refractivity contribution in [1.82, 2.24) is 4.98 Å². The summed E-state index contributed by atoms with van der Waals surface area (Å²) in [5, 5.41) is 2.63. The molecule has 0 unspecified atom stereocenters. The fourth-order valence-electron chi connectivity index (χ4n) is 2.51. The van der Waals surface area contributed by atoms with Gasteiger partial charge in [-0.3, -0.25) is 4.98 Å². The molecule has 0 N–H and O–H groups in total. The second-order valence-electron chi connectivity index (χ2n) is 5.78. The topological polar surface area (TPSA) is 70.4 Å². The van der Waals surface area contributed by atoms with Crippen LogP contribution in [0, 0.1) is 0 Å². The first-order chi connectivity index (χ1) is 12.1. The van der Waals surface area contributed by atoms with E-state index in [2.05, 4.69) is 23.3 Å². The molecule has 1 saturated heterocycles. The zero-order chi connectivity index (χ0) is 17.6. The number of amides is 2. The van der Waals surface area contributed by atoms with Gasteiger partial charge in [0.05, 0.1) is 17.8 Å². The third-order valence-corrected chi connectivity index (χ3v) is 4.93. The molecule has 2 heterocycles. The number of rotatable bonds is 7. The van der Waals surface area contributed by atoms with Crippen LogP contribution in [0.3, 0.4) is 0 Å². The molecular weight excluding hydrogens is 359 g/mol. The van der Waals surface area contributed by atoms with Crippen molar-refractivity contribution in [3.63, 3.8) is 0 Å². The first-order valence-electron chi connectivity index (χ1n) is 8.26. The second kappa shape index (κ2) is 10.1. The van der Waals surface area contributed by atoms with Gasteiger partial charge in [0.2, 0.25) is 0 Å². The minimum Gasteiger partial charge on any atom is -0.585 e. The second-order valence-corrected chi connectivity index (χ2v) is 6.93. The van der Waals surface area contributed by atoms with Crippen LogP contribution in [-0.4, -0.2) is 28.0 Å². The van der Waals surface area contributed by atoms with Crippen LogP contribution in [0.5, 0.6) is 5.75 Å². The van der Waals surface area contributed by atoms with E-state index >= 15 is 0 Å². The molecule has 1 aromatic heterocycles. The smallest absolute Gasteiger partial charge is 0.585 e. The molecule has 2 amide bonds. The number of carbonyl (C=O) groups excluding carboxylic acids is 2. The Morgan fingerprint density at radius 2 is 1.85 bits per heavy atom. The van der Waals surface area contributed by atoms with Crippen molar-refractivity contribution in [3.8, 4) is 5.75 Å². The van der Waals surface area contributed by atoms with Crippen molar-refractivity contribution in [3.05, 3.63) is 64.7 Å². The molecule has 1 atom stereocenters. The maximum atomic E-state index is 11.5. The van der Waals surface area contributed by atoms with E-state index in [4.69, 9.17) is 4.74 Å². The number of aryl methyl sites for hydroxylation is 1. The van der Waals surface area contributed by atoms with Gasteiger partial charge >= 0.3 is 29.6 Å². The van der Waals surface area contributed by atoms with Crippen molar-refractivity contribution in [2.75, 3.05) is 6.61 Å². The van der Waals surface area contributed by atoms with Gasteiger partial charge in [0.25, 0.3) is 0 Å². The Labute approximate surface area is 179 Å². The average Bonchev–Trinajstić information content (AvgIpc) is 2.94. The van der Waals surface area contributed by atoms with E-state index in [0.29, 0.717) is 13.0 Å². The number of benzene rings is 1. The van der Waals surface area contributed by atoms with E-state index in [-0.39, 0.29) is 35.5 Å². The fraction of sp³-hybridized carbons (Fsp3) is 0.316. The van der Waals surface area contributed by atoms with Gasteiger partial charge in [-0.25, -0.2) is 0 Å². The van der Waals surface area contributed by atoms with Crippen molar-refractivity contribution in [1.29, 1.82) is 0 Å². The van der Waals surface area contributed by atoms with Crippen LogP contribution in [0.2, 0.25) is 0 Å². The van der Waals surface area contributed by atoms with E-state index in [1.54, 1.807) is 0 Å². The van der Waals surface area contributed by atoms with Gasteiger partial charge in [0.1, 0.15) is 11.0 Å². The summed E-state index contributed by atoms with van der Waals surface area (Å²) in [7, 11) is 0. The number of aromatic nitrogens is 1. The van der Waals surface area contributed by atoms with Gasteiger partial charge in [0.15, 0.2) is 0 Å². The zero-order valence-corrected chi connectivity index (χ0v) is 17.8. The molecule has 7 heteroatoms. The summed E-state index contributed by atoms with van der Waals surface area (Å²) in [5.41, 5.74) is 3.23. The summed E-state index contributed by atoms with van der Waals surface area (Å²) >= 11 is 0.993. The number of ether oxygens (including phenoxy) is 1. The number of carbonyl (C=O) groups is 2. The fourth-order valence-corrected chi connectivity index (χ4v) is 3.33. The molecule has 1 fully saturated rings. The summed E-state index contributed by atoms with van der Waals surface area (Å²) in [6.07, 6.45) is 4.15. The van der Waals surface area contributed by atoms with Gasteiger partial charge < -0.3 is 19.6 Å². The SMILES string of the molecule is CCc1ccc(CCOc2ccc(C[C@@H]3SC(=O)[N-]C3=O)cc2)nc1.[Na+]. The maximum Gasteiger partial charge on any atom is 1.00 e. The number of hydrogen-bond acceptors (Lipinski definition) is 5. The zero-order valence-electron chi connectivity index (χ0n) is 15.0. The summed E-state index contributed by atoms with van der Waals surface area (Å²) in [4.78, 5) is 27.1. The summed E-state index contributed by atoms with van der Waals surface area (Å²) in [6, 6.07) is 11.7. The van der Waals surface area contributed by atoms with Crippen molar-refractivity contribution in [2.45, 2.75) is 31.4 Å². The Morgan fingerprint density at radius 1 is 1.12 bits per heavy atom. The molecule has 3 rings (SSSR count). The number of imide groups is 1. The Hall–Kier alpha value is -1.34. The molecule has 2 aromatic rings. The van der Waals surface area contributed by atoms with Crippen molar-refractivity contribution < 1.29 is 43.9 Å². The van der Waals surface area contributed by atoms with Crippen molar-refractivity contribution >= 4 is 22.9 Å². The first kappa shape index (κ1) is 21.0. The summed E-state index contributed by atoms with van der Waals surface area (Å²) in [5.74, 6) is 0.442. The average molecular weight is 378 g/mol. The Morgan fingerprint density at radius 3 is 2.42 bits per heavy atom. The number of pyridine rings is 1. The molecule has 1 aliphatic rings. The van der Waals surface area contributed by atoms with E-state index < -0.39 is 10.5 Å². The Kier molecular flexibility index (Phi) is 8.15. The molecule has 0 aliphatic carbocycles. The van der Waals surface area contributed by atoms with E-state index in [1.165, 1.54) is 5.56 Å². The Bertz CT molecular complexity index is 750. The normalized spacial score (nSPS) is 16.1. The number of thioether (sulfide) groups is 1. The molecule has 1 aromatic carbocycles. The minimum atomic E-state index is -0.393. The van der Waals surface area contributed by atoms with Gasteiger partial charge in [-0.1, -0.05) is 36.9 Å². The molecular formula is C19H19N2NaO3S. The van der Waals surface area contributed by atoms with E-state index in [1.807, 2.05) is 36.5 Å². The van der Waals surface area contributed by atoms with Crippen LogP contribution in [0.1, 0.15) is 23.7 Å². The third-order valence-electron chi connectivity index (χ3n) is 3.99. The Balaban J connectivity index is 0.00000243. The van der Waals surface area contributed by atoms with E-state index in [0.717, 1.165) is 41.6 Å². The first-order valence-corrected chi connectivity index (χ1v) is 9.13. The largest absolute Gasteiger partial charge is 1.00 e. The van der Waals surface area contributed by atoms with Gasteiger partial charge in [-0.15, -0.1) is 0 Å². The number of hydrogen-bond donors (Lipinski definition) is 0. The van der Waals surface area contributed by atoms with Crippen LogP contribution in [0.15, 0.2) is 42.6 Å². The van der Waals surface area contributed by atoms with Gasteiger partial charge in [-0.05, 0) is 42.2 Å². The predicted molar refractivity (Wildman–Crippen MR) is 98.1 cm³/mol. The third kappa shape index (κ3) is 5.84. The van der Waals surface area contributed by atoms with Crippen LogP contribution >= 0.6 is 11.8 Å². The maximum absolute atomic E-state index is 11.5. The molecule has 0 radical (unpaired) electrons. The summed E-state index contributed by atoms with van der Waals surface area (Å²) in [6.45, 7) is 2.67. The molecule has 0 spiro atoms. The van der Waals surface area contributed by atoms with Crippen LogP contribution in [0.4, 0.5) is 4.79 Å². The van der Waals surface area contributed by atoms with E-state index in [9.17, 15) is 9.59 Å².